The van der Waals surface area contributed by atoms with Gasteiger partial charge in [0.05, 0.1) is 6.04 Å². The summed E-state index contributed by atoms with van der Waals surface area (Å²) >= 11 is 0. The van der Waals surface area contributed by atoms with Crippen LogP contribution < -0.4 is 5.32 Å². The maximum absolute atomic E-state index is 4.32. The number of rotatable bonds is 5. The summed E-state index contributed by atoms with van der Waals surface area (Å²) in [6, 6.07) is 6.96. The van der Waals surface area contributed by atoms with Crippen LogP contribution in [-0.2, 0) is 6.54 Å². The zero-order valence-electron chi connectivity index (χ0n) is 11.3. The smallest absolute Gasteiger partial charge is 0.123 e. The summed E-state index contributed by atoms with van der Waals surface area (Å²) < 4.78 is 0. The zero-order valence-corrected chi connectivity index (χ0v) is 11.3. The third kappa shape index (κ3) is 3.20. The fraction of sp³-hybridized carbons (Fsp3) is 0.400. The lowest BCUT2D eigenvalue weighted by molar-refractivity contribution is 0.497. The lowest BCUT2D eigenvalue weighted by Gasteiger charge is -2.15. The molecule has 0 aliphatic rings. The molecule has 0 aliphatic heterocycles. The standard InChI is InChI=1S/C15H21N3/c1-4-14(15-16-5-6-17-15)18-10-13-8-11(2)7-12(3)9-13/h5-9,14,18H,4,10H2,1-3H3,(H,16,17). The number of aromatic amines is 1. The van der Waals surface area contributed by atoms with Crippen molar-refractivity contribution in [2.24, 2.45) is 0 Å². The van der Waals surface area contributed by atoms with Gasteiger partial charge in [0.2, 0.25) is 0 Å². The first kappa shape index (κ1) is 12.8. The highest BCUT2D eigenvalue weighted by Gasteiger charge is 2.10. The van der Waals surface area contributed by atoms with Crippen LogP contribution in [0.4, 0.5) is 0 Å². The van der Waals surface area contributed by atoms with E-state index in [0.717, 1.165) is 18.8 Å². The van der Waals surface area contributed by atoms with Crippen LogP contribution in [-0.4, -0.2) is 9.97 Å². The Balaban J connectivity index is 2.01. The van der Waals surface area contributed by atoms with Gasteiger partial charge in [-0.1, -0.05) is 36.2 Å². The molecule has 0 saturated carbocycles. The maximum atomic E-state index is 4.32. The Morgan fingerprint density at radius 3 is 2.50 bits per heavy atom. The number of nitrogens with one attached hydrogen (secondary N) is 2. The molecule has 2 N–H and O–H groups in total. The van der Waals surface area contributed by atoms with Gasteiger partial charge in [0.25, 0.3) is 0 Å². The molecule has 0 aliphatic carbocycles. The Labute approximate surface area is 109 Å². The van der Waals surface area contributed by atoms with Gasteiger partial charge in [-0.25, -0.2) is 4.98 Å². The molecule has 2 aromatic rings. The van der Waals surface area contributed by atoms with Gasteiger partial charge in [-0.05, 0) is 25.8 Å². The molecule has 18 heavy (non-hydrogen) atoms. The van der Waals surface area contributed by atoms with E-state index in [2.05, 4.69) is 54.3 Å². The van der Waals surface area contributed by atoms with Gasteiger partial charge in [-0.15, -0.1) is 0 Å². The number of aryl methyl sites for hydroxylation is 2. The minimum absolute atomic E-state index is 0.292. The first-order valence-corrected chi connectivity index (χ1v) is 6.49. The largest absolute Gasteiger partial charge is 0.347 e. The van der Waals surface area contributed by atoms with Crippen molar-refractivity contribution >= 4 is 0 Å². The van der Waals surface area contributed by atoms with Gasteiger partial charge in [0.15, 0.2) is 0 Å². The molecular weight excluding hydrogens is 222 g/mol. The molecule has 0 bridgehead atoms. The third-order valence-corrected chi connectivity index (χ3v) is 3.09. The number of benzene rings is 1. The van der Waals surface area contributed by atoms with Gasteiger partial charge in [-0.3, -0.25) is 0 Å². The van der Waals surface area contributed by atoms with Crippen LogP contribution in [0, 0.1) is 13.8 Å². The summed E-state index contributed by atoms with van der Waals surface area (Å²) in [7, 11) is 0. The Morgan fingerprint density at radius 1 is 1.22 bits per heavy atom. The molecule has 1 aromatic heterocycles. The number of hydrogen-bond donors (Lipinski definition) is 2. The zero-order chi connectivity index (χ0) is 13.0. The van der Waals surface area contributed by atoms with E-state index < -0.39 is 0 Å². The van der Waals surface area contributed by atoms with E-state index in [1.165, 1.54) is 16.7 Å². The second-order valence-corrected chi connectivity index (χ2v) is 4.81. The van der Waals surface area contributed by atoms with Gasteiger partial charge in [0.1, 0.15) is 5.82 Å². The van der Waals surface area contributed by atoms with E-state index in [0.29, 0.717) is 6.04 Å². The summed E-state index contributed by atoms with van der Waals surface area (Å²) in [6.45, 7) is 7.32. The third-order valence-electron chi connectivity index (χ3n) is 3.09. The van der Waals surface area contributed by atoms with E-state index in [9.17, 15) is 0 Å². The van der Waals surface area contributed by atoms with Crippen molar-refractivity contribution < 1.29 is 0 Å². The van der Waals surface area contributed by atoms with Crippen molar-refractivity contribution in [3.63, 3.8) is 0 Å². The predicted octanol–water partition coefficient (Wildman–Crippen LogP) is 3.27. The summed E-state index contributed by atoms with van der Waals surface area (Å²) in [5.41, 5.74) is 3.97. The summed E-state index contributed by atoms with van der Waals surface area (Å²) in [6.07, 6.45) is 4.70. The fourth-order valence-electron chi connectivity index (χ4n) is 2.31. The van der Waals surface area contributed by atoms with Crippen molar-refractivity contribution in [1.29, 1.82) is 0 Å². The van der Waals surface area contributed by atoms with Crippen LogP contribution in [0.3, 0.4) is 0 Å². The van der Waals surface area contributed by atoms with Crippen LogP contribution in [0.5, 0.6) is 0 Å². The highest BCUT2D eigenvalue weighted by molar-refractivity contribution is 5.28. The van der Waals surface area contributed by atoms with E-state index in [-0.39, 0.29) is 0 Å². The fourth-order valence-corrected chi connectivity index (χ4v) is 2.31. The lowest BCUT2D eigenvalue weighted by Crippen LogP contribution is -2.21. The van der Waals surface area contributed by atoms with E-state index in [4.69, 9.17) is 0 Å². The predicted molar refractivity (Wildman–Crippen MR) is 74.4 cm³/mol. The number of hydrogen-bond acceptors (Lipinski definition) is 2. The quantitative estimate of drug-likeness (QED) is 0.846. The molecule has 0 fully saturated rings. The average Bonchev–Trinajstić information content (AvgIpc) is 2.82. The molecule has 0 amide bonds. The first-order valence-electron chi connectivity index (χ1n) is 6.49. The van der Waals surface area contributed by atoms with Crippen molar-refractivity contribution in [2.75, 3.05) is 0 Å². The molecule has 96 valence electrons. The summed E-state index contributed by atoms with van der Waals surface area (Å²) in [5.74, 6) is 1.02. The normalized spacial score (nSPS) is 12.6. The van der Waals surface area contributed by atoms with Gasteiger partial charge in [-0.2, -0.15) is 0 Å². The molecule has 0 saturated heterocycles. The summed E-state index contributed by atoms with van der Waals surface area (Å²) in [4.78, 5) is 7.49. The van der Waals surface area contributed by atoms with Crippen LogP contribution in [0.25, 0.3) is 0 Å². The number of nitrogens with zero attached hydrogens (tertiary/aromatic N) is 1. The van der Waals surface area contributed by atoms with Crippen LogP contribution >= 0.6 is 0 Å². The van der Waals surface area contributed by atoms with Crippen LogP contribution in [0.1, 0.15) is 41.9 Å². The molecule has 0 radical (unpaired) electrons. The topological polar surface area (TPSA) is 40.7 Å². The van der Waals surface area contributed by atoms with Gasteiger partial charge >= 0.3 is 0 Å². The Bertz CT molecular complexity index is 468. The molecule has 0 spiro atoms. The van der Waals surface area contributed by atoms with Gasteiger partial charge in [0, 0.05) is 18.9 Å². The van der Waals surface area contributed by atoms with Crippen molar-refractivity contribution in [1.82, 2.24) is 15.3 Å². The maximum Gasteiger partial charge on any atom is 0.123 e. The monoisotopic (exact) mass is 243 g/mol. The SMILES string of the molecule is CCC(NCc1cc(C)cc(C)c1)c1ncc[nH]1. The van der Waals surface area contributed by atoms with Crippen molar-refractivity contribution in [2.45, 2.75) is 39.8 Å². The minimum atomic E-state index is 0.292. The highest BCUT2D eigenvalue weighted by atomic mass is 15.0. The molecule has 1 atom stereocenters. The Morgan fingerprint density at radius 2 is 1.94 bits per heavy atom. The molecular formula is C15H21N3. The van der Waals surface area contributed by atoms with Crippen LogP contribution in [0.2, 0.25) is 0 Å². The molecule has 1 heterocycles. The second kappa shape index (κ2) is 5.83. The first-order chi connectivity index (χ1) is 8.69. The molecule has 2 rings (SSSR count). The van der Waals surface area contributed by atoms with Crippen molar-refractivity contribution in [3.8, 4) is 0 Å². The highest BCUT2D eigenvalue weighted by Crippen LogP contribution is 2.14. The molecule has 1 aromatic carbocycles. The number of imidazole rings is 1. The van der Waals surface area contributed by atoms with Crippen LogP contribution in [0.15, 0.2) is 30.6 Å². The van der Waals surface area contributed by atoms with Crippen molar-refractivity contribution in [3.05, 3.63) is 53.1 Å². The number of aromatic nitrogens is 2. The van der Waals surface area contributed by atoms with E-state index in [1.54, 1.807) is 6.20 Å². The van der Waals surface area contributed by atoms with E-state index in [1.807, 2.05) is 6.20 Å². The number of H-pyrrole nitrogens is 1. The second-order valence-electron chi connectivity index (χ2n) is 4.81. The van der Waals surface area contributed by atoms with Gasteiger partial charge < -0.3 is 10.3 Å². The lowest BCUT2D eigenvalue weighted by atomic mass is 10.1. The van der Waals surface area contributed by atoms with E-state index >= 15 is 0 Å². The minimum Gasteiger partial charge on any atom is -0.347 e. The Kier molecular flexibility index (Phi) is 4.15. The molecule has 3 heteroatoms. The molecule has 1 unspecified atom stereocenters. The molecule has 3 nitrogen and oxygen atoms in total. The average molecular weight is 243 g/mol. The Hall–Kier alpha value is -1.61. The summed E-state index contributed by atoms with van der Waals surface area (Å²) in [5, 5.41) is 3.55.